The van der Waals surface area contributed by atoms with Crippen LogP contribution in [0.2, 0.25) is 0 Å². The molecule has 5 heteroatoms. The molecule has 1 saturated carbocycles. The highest BCUT2D eigenvalue weighted by molar-refractivity contribution is 6.31. The number of hydrogen-bond donors (Lipinski definition) is 1. The monoisotopic (exact) mass is 479 g/mol. The lowest BCUT2D eigenvalue weighted by Gasteiger charge is -2.36. The van der Waals surface area contributed by atoms with E-state index in [-0.39, 0.29) is 28.4 Å². The number of alkyl halides is 2. The Morgan fingerprint density at radius 2 is 1.69 bits per heavy atom. The van der Waals surface area contributed by atoms with E-state index in [1.807, 2.05) is 6.07 Å². The fourth-order valence-electron chi connectivity index (χ4n) is 5.00. The van der Waals surface area contributed by atoms with Crippen LogP contribution in [0, 0.1) is 17.8 Å². The van der Waals surface area contributed by atoms with Crippen molar-refractivity contribution < 1.29 is 9.59 Å². The minimum atomic E-state index is -0.320. The molecule has 2 N–H and O–H groups in total. The number of allylic oxidation sites excluding steroid dienone is 1. The van der Waals surface area contributed by atoms with Crippen LogP contribution < -0.4 is 5.73 Å². The summed E-state index contributed by atoms with van der Waals surface area (Å²) < 4.78 is 0. The SMILES string of the molecule is C=CC(=O)C1CCC(CCCCC(CCCCCc2ccccc2)CC(N)=O)[C@@H](Cl)[C@@H]1Cl. The van der Waals surface area contributed by atoms with E-state index in [0.29, 0.717) is 18.3 Å². The first kappa shape index (κ1) is 26.9. The number of rotatable bonds is 15. The van der Waals surface area contributed by atoms with Gasteiger partial charge in [-0.15, -0.1) is 23.2 Å². The number of hydrogen-bond acceptors (Lipinski definition) is 2. The number of benzene rings is 1. The molecule has 1 aromatic carbocycles. The van der Waals surface area contributed by atoms with Crippen molar-refractivity contribution in [1.82, 2.24) is 0 Å². The highest BCUT2D eigenvalue weighted by Crippen LogP contribution is 2.39. The third kappa shape index (κ3) is 9.27. The molecule has 0 saturated heterocycles. The van der Waals surface area contributed by atoms with Gasteiger partial charge in [0.1, 0.15) is 0 Å². The Morgan fingerprint density at radius 3 is 2.34 bits per heavy atom. The van der Waals surface area contributed by atoms with Gasteiger partial charge in [0, 0.05) is 12.3 Å². The van der Waals surface area contributed by atoms with Gasteiger partial charge in [0.25, 0.3) is 0 Å². The van der Waals surface area contributed by atoms with Crippen molar-refractivity contribution >= 4 is 34.9 Å². The molecule has 0 aliphatic heterocycles. The largest absolute Gasteiger partial charge is 0.370 e. The van der Waals surface area contributed by atoms with E-state index in [0.717, 1.165) is 57.8 Å². The van der Waals surface area contributed by atoms with Crippen LogP contribution in [0.4, 0.5) is 0 Å². The maximum absolute atomic E-state index is 12.0. The molecule has 3 nitrogen and oxygen atoms in total. The molecule has 1 aliphatic carbocycles. The number of primary amides is 1. The predicted molar refractivity (Wildman–Crippen MR) is 135 cm³/mol. The van der Waals surface area contributed by atoms with Gasteiger partial charge in [-0.25, -0.2) is 0 Å². The number of aryl methyl sites for hydroxylation is 1. The van der Waals surface area contributed by atoms with Crippen molar-refractivity contribution in [2.75, 3.05) is 0 Å². The average molecular weight is 481 g/mol. The smallest absolute Gasteiger partial charge is 0.217 e. The lowest BCUT2D eigenvalue weighted by molar-refractivity contribution is -0.119. The Morgan fingerprint density at radius 1 is 1.00 bits per heavy atom. The van der Waals surface area contributed by atoms with Crippen molar-refractivity contribution in [3.63, 3.8) is 0 Å². The van der Waals surface area contributed by atoms with Crippen LogP contribution in [0.3, 0.4) is 0 Å². The number of carbonyl (C=O) groups excluding carboxylic acids is 2. The van der Waals surface area contributed by atoms with Gasteiger partial charge in [0.2, 0.25) is 5.91 Å². The molecule has 5 atom stereocenters. The van der Waals surface area contributed by atoms with Crippen LogP contribution in [0.25, 0.3) is 0 Å². The quantitative estimate of drug-likeness (QED) is 0.170. The zero-order valence-electron chi connectivity index (χ0n) is 19.2. The Hall–Kier alpha value is -1.32. The van der Waals surface area contributed by atoms with Gasteiger partial charge in [-0.1, -0.05) is 62.6 Å². The van der Waals surface area contributed by atoms with E-state index in [1.54, 1.807) is 0 Å². The molecule has 32 heavy (non-hydrogen) atoms. The van der Waals surface area contributed by atoms with Crippen molar-refractivity contribution in [3.8, 4) is 0 Å². The molecule has 0 bridgehead atoms. The number of unbranched alkanes of at least 4 members (excludes halogenated alkanes) is 3. The van der Waals surface area contributed by atoms with Gasteiger partial charge < -0.3 is 5.73 Å². The van der Waals surface area contributed by atoms with Crippen LogP contribution in [0.5, 0.6) is 0 Å². The molecular formula is C27H39Cl2NO2. The fraction of sp³-hybridized carbons (Fsp3) is 0.630. The lowest BCUT2D eigenvalue weighted by atomic mass is 9.77. The average Bonchev–Trinajstić information content (AvgIpc) is 2.78. The Labute approximate surface area is 204 Å². The van der Waals surface area contributed by atoms with Crippen LogP contribution in [0.1, 0.15) is 76.2 Å². The summed E-state index contributed by atoms with van der Waals surface area (Å²) in [7, 11) is 0. The van der Waals surface area contributed by atoms with Crippen LogP contribution >= 0.6 is 23.2 Å². The molecular weight excluding hydrogens is 441 g/mol. The second-order valence-corrected chi connectivity index (χ2v) is 10.4. The molecule has 0 aromatic heterocycles. The summed E-state index contributed by atoms with van der Waals surface area (Å²) >= 11 is 13.1. The van der Waals surface area contributed by atoms with E-state index in [9.17, 15) is 9.59 Å². The van der Waals surface area contributed by atoms with Gasteiger partial charge in [0.05, 0.1) is 10.8 Å². The summed E-state index contributed by atoms with van der Waals surface area (Å²) in [5.41, 5.74) is 6.89. The molecule has 2 rings (SSSR count). The minimum absolute atomic E-state index is 0.00663. The number of ketones is 1. The van der Waals surface area contributed by atoms with E-state index < -0.39 is 0 Å². The summed E-state index contributed by atoms with van der Waals surface area (Å²) in [5.74, 6) is 0.329. The third-order valence-electron chi connectivity index (χ3n) is 6.90. The van der Waals surface area contributed by atoms with Crippen molar-refractivity contribution in [3.05, 3.63) is 48.6 Å². The summed E-state index contributed by atoms with van der Waals surface area (Å²) in [4.78, 5) is 23.5. The first-order valence-electron chi connectivity index (χ1n) is 12.2. The fourth-order valence-corrected chi connectivity index (χ4v) is 5.89. The standard InChI is InChI=1S/C27H39Cl2NO2/c1-2-24(31)23-18-17-22(26(28)27(23)29)16-10-9-15-21(19-25(30)32)14-8-4-7-13-20-11-5-3-6-12-20/h2-3,5-6,11-12,21-23,26-27H,1,4,7-10,13-19H2,(H2,30,32)/t21?,22?,23?,26-,27-/m1/s1. The Kier molecular flexibility index (Phi) is 12.4. The summed E-state index contributed by atoms with van der Waals surface area (Å²) in [6.45, 7) is 3.57. The minimum Gasteiger partial charge on any atom is -0.370 e. The van der Waals surface area contributed by atoms with Gasteiger partial charge >= 0.3 is 0 Å². The first-order valence-corrected chi connectivity index (χ1v) is 13.1. The van der Waals surface area contributed by atoms with E-state index in [1.165, 1.54) is 24.5 Å². The Balaban J connectivity index is 1.65. The van der Waals surface area contributed by atoms with Crippen molar-refractivity contribution in [1.29, 1.82) is 0 Å². The topological polar surface area (TPSA) is 60.2 Å². The van der Waals surface area contributed by atoms with Gasteiger partial charge in [-0.3, -0.25) is 9.59 Å². The lowest BCUT2D eigenvalue weighted by Crippen LogP contribution is -2.39. The molecule has 178 valence electrons. The van der Waals surface area contributed by atoms with E-state index in [4.69, 9.17) is 28.9 Å². The zero-order chi connectivity index (χ0) is 23.3. The van der Waals surface area contributed by atoms with E-state index >= 15 is 0 Å². The maximum Gasteiger partial charge on any atom is 0.217 e. The number of carbonyl (C=O) groups is 2. The molecule has 1 fully saturated rings. The highest BCUT2D eigenvalue weighted by Gasteiger charge is 2.39. The van der Waals surface area contributed by atoms with Crippen LogP contribution in [-0.4, -0.2) is 22.4 Å². The van der Waals surface area contributed by atoms with Crippen LogP contribution in [-0.2, 0) is 16.0 Å². The predicted octanol–water partition coefficient (Wildman–Crippen LogP) is 6.84. The molecule has 0 radical (unpaired) electrons. The van der Waals surface area contributed by atoms with Crippen LogP contribution in [0.15, 0.2) is 43.0 Å². The molecule has 0 heterocycles. The first-order chi connectivity index (χ1) is 15.4. The van der Waals surface area contributed by atoms with Crippen molar-refractivity contribution in [2.24, 2.45) is 23.5 Å². The maximum atomic E-state index is 12.0. The van der Waals surface area contributed by atoms with Crippen molar-refractivity contribution in [2.45, 2.75) is 87.8 Å². The van der Waals surface area contributed by atoms with Gasteiger partial charge in [-0.2, -0.15) is 0 Å². The normalized spacial score (nSPS) is 24.1. The van der Waals surface area contributed by atoms with Gasteiger partial charge in [-0.05, 0) is 68.4 Å². The van der Waals surface area contributed by atoms with E-state index in [2.05, 4.69) is 30.8 Å². The Bertz CT molecular complexity index is 709. The molecule has 1 aromatic rings. The number of amides is 1. The summed E-state index contributed by atoms with van der Waals surface area (Å²) in [5, 5.41) is -0.496. The second kappa shape index (κ2) is 14.8. The molecule has 1 amide bonds. The third-order valence-corrected chi connectivity index (χ3v) is 8.23. The summed E-state index contributed by atoms with van der Waals surface area (Å²) in [6, 6.07) is 10.6. The molecule has 3 unspecified atom stereocenters. The molecule has 0 spiro atoms. The molecule has 1 aliphatic rings. The number of nitrogens with two attached hydrogens (primary N) is 1. The highest BCUT2D eigenvalue weighted by atomic mass is 35.5. The zero-order valence-corrected chi connectivity index (χ0v) is 20.7. The number of halogens is 2. The van der Waals surface area contributed by atoms with Gasteiger partial charge in [0.15, 0.2) is 5.78 Å². The second-order valence-electron chi connectivity index (χ2n) is 9.35. The summed E-state index contributed by atoms with van der Waals surface area (Å²) in [6.07, 6.45) is 13.5.